The molecule has 0 fully saturated rings. The number of halogens is 1. The molecular weight excluding hydrogens is 274 g/mol. The number of aryl methyl sites for hydroxylation is 1. The zero-order chi connectivity index (χ0) is 14.7. The molecule has 0 aliphatic heterocycles. The van der Waals surface area contributed by atoms with Gasteiger partial charge in [-0.25, -0.2) is 14.2 Å². The maximum Gasteiger partial charge on any atom is 0.339 e. The highest BCUT2D eigenvalue weighted by Crippen LogP contribution is 2.17. The molecule has 3 rings (SSSR count). The van der Waals surface area contributed by atoms with Crippen LogP contribution >= 0.6 is 11.6 Å². The molecule has 0 saturated carbocycles. The lowest BCUT2D eigenvalue weighted by atomic mass is 10.1. The van der Waals surface area contributed by atoms with E-state index in [-0.39, 0.29) is 5.69 Å². The highest BCUT2D eigenvalue weighted by molar-refractivity contribution is 6.29. The summed E-state index contributed by atoms with van der Waals surface area (Å²) in [4.78, 5) is 16.6. The Morgan fingerprint density at radius 2 is 2.05 bits per heavy atom. The first-order chi connectivity index (χ1) is 9.68. The van der Waals surface area contributed by atoms with E-state index in [0.29, 0.717) is 10.8 Å². The molecule has 20 heavy (non-hydrogen) atoms. The highest BCUT2D eigenvalue weighted by atomic mass is 35.5. The van der Waals surface area contributed by atoms with Crippen molar-refractivity contribution in [3.8, 4) is 0 Å². The van der Waals surface area contributed by atoms with Gasteiger partial charge in [0, 0.05) is 17.5 Å². The first-order valence-corrected chi connectivity index (χ1v) is 7.19. The van der Waals surface area contributed by atoms with Crippen molar-refractivity contribution in [3.63, 3.8) is 0 Å². The van der Waals surface area contributed by atoms with Crippen LogP contribution in [0.3, 0.4) is 0 Å². The number of imidazole rings is 1. The lowest BCUT2D eigenvalue weighted by Crippen LogP contribution is -2.27. The van der Waals surface area contributed by atoms with Crippen LogP contribution in [0.5, 0.6) is 0 Å². The quantitative estimate of drug-likeness (QED) is 0.804. The summed E-state index contributed by atoms with van der Waals surface area (Å²) in [6, 6.07) is 1.86. The third-order valence-corrected chi connectivity index (χ3v) is 3.32. The van der Waals surface area contributed by atoms with Crippen molar-refractivity contribution in [2.75, 3.05) is 0 Å². The van der Waals surface area contributed by atoms with Gasteiger partial charge in [-0.15, -0.1) is 0 Å². The van der Waals surface area contributed by atoms with E-state index in [2.05, 4.69) is 17.1 Å². The van der Waals surface area contributed by atoms with E-state index < -0.39 is 0 Å². The molecule has 0 spiro atoms. The van der Waals surface area contributed by atoms with E-state index in [0.717, 1.165) is 24.2 Å². The van der Waals surface area contributed by atoms with Crippen molar-refractivity contribution in [1.29, 1.82) is 0 Å². The van der Waals surface area contributed by atoms with Crippen LogP contribution in [0.4, 0.5) is 0 Å². The molecule has 1 aliphatic carbocycles. The number of allylic oxidation sites excluding steroid dienone is 4. The Morgan fingerprint density at radius 3 is 2.70 bits per heavy atom. The molecule has 4 nitrogen and oxygen atoms in total. The fraction of sp³-hybridized carbons (Fsp3) is 0.333. The van der Waals surface area contributed by atoms with Crippen molar-refractivity contribution in [2.24, 2.45) is 0 Å². The number of fused-ring (bicyclic) bond motifs is 1. The summed E-state index contributed by atoms with van der Waals surface area (Å²) in [5, 5.41) is 0.337. The monoisotopic (exact) mass is 291 g/mol. The Morgan fingerprint density at radius 1 is 1.30 bits per heavy atom. The van der Waals surface area contributed by atoms with Crippen LogP contribution in [0.25, 0.3) is 11.3 Å². The van der Waals surface area contributed by atoms with Crippen LogP contribution < -0.4 is 5.69 Å². The lowest BCUT2D eigenvalue weighted by Gasteiger charge is -2.13. The minimum Gasteiger partial charge on any atom is -0.267 e. The molecule has 1 aliphatic rings. The van der Waals surface area contributed by atoms with Crippen LogP contribution in [0.2, 0.25) is 5.15 Å². The van der Waals surface area contributed by atoms with Gasteiger partial charge in [0.05, 0.1) is 6.20 Å². The predicted molar refractivity (Wildman–Crippen MR) is 83.2 cm³/mol. The van der Waals surface area contributed by atoms with Gasteiger partial charge in [0.15, 0.2) is 0 Å². The first-order valence-electron chi connectivity index (χ1n) is 6.81. The van der Waals surface area contributed by atoms with Crippen molar-refractivity contribution in [2.45, 2.75) is 33.6 Å². The van der Waals surface area contributed by atoms with Gasteiger partial charge >= 0.3 is 5.69 Å². The van der Waals surface area contributed by atoms with Crippen molar-refractivity contribution < 1.29 is 0 Å². The second-order valence-corrected chi connectivity index (χ2v) is 4.67. The van der Waals surface area contributed by atoms with Crippen molar-refractivity contribution >= 4 is 22.9 Å². The largest absolute Gasteiger partial charge is 0.339 e. The highest BCUT2D eigenvalue weighted by Gasteiger charge is 2.12. The minimum atomic E-state index is -0.176. The van der Waals surface area contributed by atoms with Crippen LogP contribution in [0.1, 0.15) is 32.4 Å². The molecule has 106 valence electrons. The van der Waals surface area contributed by atoms with Crippen LogP contribution in [0, 0.1) is 6.92 Å². The van der Waals surface area contributed by atoms with E-state index in [9.17, 15) is 4.79 Å². The average Bonchev–Trinajstić information content (AvgIpc) is 2.83. The molecule has 0 N–H and O–H groups in total. The van der Waals surface area contributed by atoms with E-state index in [1.807, 2.05) is 32.9 Å². The van der Waals surface area contributed by atoms with Crippen LogP contribution in [-0.2, 0) is 0 Å². The topological polar surface area (TPSA) is 39.3 Å². The van der Waals surface area contributed by atoms with Crippen molar-refractivity contribution in [3.05, 3.63) is 51.8 Å². The molecule has 0 saturated heterocycles. The van der Waals surface area contributed by atoms with Gasteiger partial charge in [0.25, 0.3) is 0 Å². The summed E-state index contributed by atoms with van der Waals surface area (Å²) < 4.78 is 3.08. The SMILES string of the molecule is CC.Cc1cc2ncc(Cl)n2c(=O)n1C1=CCCC=C1. The maximum absolute atomic E-state index is 12.5. The standard InChI is InChI=1S/C13H12ClN3O.C2H6/c1-9-7-12-15-8-11(14)17(12)13(18)16(9)10-5-3-2-4-6-10;1-2/h3,5-8H,2,4H2,1H3;1-2H3. The van der Waals surface area contributed by atoms with E-state index in [1.54, 1.807) is 4.57 Å². The number of hydrogen-bond donors (Lipinski definition) is 0. The molecule has 0 amide bonds. The minimum absolute atomic E-state index is 0.176. The van der Waals surface area contributed by atoms with E-state index >= 15 is 0 Å². The van der Waals surface area contributed by atoms with Gasteiger partial charge in [-0.05, 0) is 25.8 Å². The molecule has 5 heteroatoms. The summed E-state index contributed by atoms with van der Waals surface area (Å²) in [6.07, 6.45) is 9.56. The smallest absolute Gasteiger partial charge is 0.267 e. The van der Waals surface area contributed by atoms with E-state index in [4.69, 9.17) is 11.6 Å². The van der Waals surface area contributed by atoms with Gasteiger partial charge in [-0.2, -0.15) is 0 Å². The normalized spacial score (nSPS) is 13.9. The molecule has 0 unspecified atom stereocenters. The Balaban J connectivity index is 0.000000704. The summed E-state index contributed by atoms with van der Waals surface area (Å²) in [5.74, 6) is 0. The Kier molecular flexibility index (Phi) is 4.45. The van der Waals surface area contributed by atoms with Gasteiger partial charge in [0.1, 0.15) is 10.8 Å². The van der Waals surface area contributed by atoms with Gasteiger partial charge in [-0.1, -0.05) is 37.6 Å². The maximum atomic E-state index is 12.5. The second kappa shape index (κ2) is 6.09. The first kappa shape index (κ1) is 14.6. The molecular formula is C15H18ClN3O. The van der Waals surface area contributed by atoms with Crippen LogP contribution in [0.15, 0.2) is 35.3 Å². The van der Waals surface area contributed by atoms with Gasteiger partial charge in [0.2, 0.25) is 0 Å². The fourth-order valence-electron chi connectivity index (χ4n) is 2.22. The summed E-state index contributed by atoms with van der Waals surface area (Å²) in [5.41, 5.74) is 2.16. The van der Waals surface area contributed by atoms with E-state index in [1.165, 1.54) is 10.6 Å². The zero-order valence-electron chi connectivity index (χ0n) is 11.9. The molecule has 2 aromatic heterocycles. The fourth-order valence-corrected chi connectivity index (χ4v) is 2.42. The second-order valence-electron chi connectivity index (χ2n) is 4.29. The molecule has 2 aromatic rings. The summed E-state index contributed by atoms with van der Waals surface area (Å²) >= 11 is 5.99. The number of aromatic nitrogens is 3. The Labute approximate surface area is 123 Å². The molecule has 0 radical (unpaired) electrons. The molecule has 0 atom stereocenters. The predicted octanol–water partition coefficient (Wildman–Crippen LogP) is 3.67. The van der Waals surface area contributed by atoms with Gasteiger partial charge in [-0.3, -0.25) is 4.57 Å². The number of rotatable bonds is 1. The summed E-state index contributed by atoms with van der Waals surface area (Å²) in [6.45, 7) is 5.90. The Hall–Kier alpha value is -1.81. The number of hydrogen-bond acceptors (Lipinski definition) is 2. The number of nitrogens with zero attached hydrogens (tertiary/aromatic N) is 3. The Bertz CT molecular complexity index is 737. The van der Waals surface area contributed by atoms with Gasteiger partial charge < -0.3 is 0 Å². The molecule has 0 bridgehead atoms. The lowest BCUT2D eigenvalue weighted by molar-refractivity contribution is 0.855. The third-order valence-electron chi connectivity index (χ3n) is 3.05. The summed E-state index contributed by atoms with van der Waals surface area (Å²) in [7, 11) is 0. The third kappa shape index (κ3) is 2.43. The molecule has 2 heterocycles. The molecule has 0 aromatic carbocycles. The zero-order valence-corrected chi connectivity index (χ0v) is 12.7. The van der Waals surface area contributed by atoms with Crippen LogP contribution in [-0.4, -0.2) is 14.0 Å². The average molecular weight is 292 g/mol. The van der Waals surface area contributed by atoms with Crippen molar-refractivity contribution in [1.82, 2.24) is 14.0 Å².